The second-order valence-electron chi connectivity index (χ2n) is 7.93. The number of aryl methyl sites for hydroxylation is 1. The van der Waals surface area contributed by atoms with Gasteiger partial charge in [0.25, 0.3) is 0 Å². The fourth-order valence-corrected chi connectivity index (χ4v) is 4.91. The summed E-state index contributed by atoms with van der Waals surface area (Å²) in [5, 5.41) is 9.60. The molecular formula is C23H27N5OS. The van der Waals surface area contributed by atoms with Gasteiger partial charge in [0.1, 0.15) is 0 Å². The van der Waals surface area contributed by atoms with Gasteiger partial charge in [0.05, 0.1) is 5.75 Å². The molecule has 30 heavy (non-hydrogen) atoms. The molecule has 6 nitrogen and oxygen atoms in total. The Kier molecular flexibility index (Phi) is 6.18. The molecular weight excluding hydrogens is 394 g/mol. The third-order valence-electron chi connectivity index (χ3n) is 5.67. The zero-order valence-corrected chi connectivity index (χ0v) is 18.5. The van der Waals surface area contributed by atoms with Crippen LogP contribution < -0.4 is 0 Å². The summed E-state index contributed by atoms with van der Waals surface area (Å²) in [6.07, 6.45) is 6.84. The summed E-state index contributed by atoms with van der Waals surface area (Å²) < 4.78 is 2.02. The van der Waals surface area contributed by atoms with Crippen molar-refractivity contribution in [2.45, 2.75) is 57.3 Å². The first-order valence-corrected chi connectivity index (χ1v) is 11.4. The van der Waals surface area contributed by atoms with Gasteiger partial charge < -0.3 is 4.90 Å². The Hall–Kier alpha value is -2.67. The molecule has 0 aliphatic carbocycles. The highest BCUT2D eigenvalue weighted by molar-refractivity contribution is 7.99. The number of carbonyl (C=O) groups is 1. The fraction of sp³-hybridized carbons (Fsp3) is 0.391. The van der Waals surface area contributed by atoms with Crippen LogP contribution in [-0.2, 0) is 4.79 Å². The Bertz CT molecular complexity index is 992. The molecule has 0 unspecified atom stereocenters. The summed E-state index contributed by atoms with van der Waals surface area (Å²) in [5.74, 6) is 1.27. The largest absolute Gasteiger partial charge is 0.337 e. The van der Waals surface area contributed by atoms with E-state index in [9.17, 15) is 4.79 Å². The van der Waals surface area contributed by atoms with Crippen molar-refractivity contribution in [3.05, 3.63) is 54.4 Å². The second-order valence-corrected chi connectivity index (χ2v) is 8.87. The Morgan fingerprint density at radius 1 is 1.03 bits per heavy atom. The SMILES string of the molecule is Cc1ccc(-n2c(SCC(=O)N3[C@@H](C)CCC[C@@H]3C)nnc2-c2ccncc2)cc1. The lowest BCUT2D eigenvalue weighted by molar-refractivity contribution is -0.134. The number of amides is 1. The number of pyridine rings is 1. The number of rotatable bonds is 5. The molecule has 2 atom stereocenters. The highest BCUT2D eigenvalue weighted by Crippen LogP contribution is 2.29. The van der Waals surface area contributed by atoms with Crippen LogP contribution in [0.3, 0.4) is 0 Å². The fourth-order valence-electron chi connectivity index (χ4n) is 4.09. The zero-order valence-electron chi connectivity index (χ0n) is 17.7. The number of carbonyl (C=O) groups excluding carboxylic acids is 1. The molecule has 1 saturated heterocycles. The van der Waals surface area contributed by atoms with Gasteiger partial charge in [-0.2, -0.15) is 0 Å². The third kappa shape index (κ3) is 4.26. The predicted octanol–water partition coefficient (Wildman–Crippen LogP) is 4.52. The molecule has 0 radical (unpaired) electrons. The molecule has 1 aromatic carbocycles. The maximum atomic E-state index is 13.0. The summed E-state index contributed by atoms with van der Waals surface area (Å²) in [6, 6.07) is 12.7. The molecule has 0 N–H and O–H groups in total. The van der Waals surface area contributed by atoms with E-state index < -0.39 is 0 Å². The molecule has 0 saturated carbocycles. The normalized spacial score (nSPS) is 19.1. The van der Waals surface area contributed by atoms with Gasteiger partial charge in [0, 0.05) is 35.7 Å². The molecule has 0 bridgehead atoms. The van der Waals surface area contributed by atoms with E-state index in [1.54, 1.807) is 12.4 Å². The van der Waals surface area contributed by atoms with Crippen LogP contribution in [0, 0.1) is 6.92 Å². The van der Waals surface area contributed by atoms with Crippen molar-refractivity contribution in [1.29, 1.82) is 0 Å². The van der Waals surface area contributed by atoms with Gasteiger partial charge in [0.2, 0.25) is 5.91 Å². The van der Waals surface area contributed by atoms with Crippen LogP contribution in [0.1, 0.15) is 38.7 Å². The molecule has 156 valence electrons. The average Bonchev–Trinajstić information content (AvgIpc) is 3.17. The van der Waals surface area contributed by atoms with Crippen molar-refractivity contribution in [3.8, 4) is 17.1 Å². The lowest BCUT2D eigenvalue weighted by atomic mass is 9.98. The number of likely N-dealkylation sites (tertiary alicyclic amines) is 1. The minimum atomic E-state index is 0.170. The first kappa shape index (κ1) is 20.6. The van der Waals surface area contributed by atoms with Crippen LogP contribution in [0.15, 0.2) is 53.9 Å². The quantitative estimate of drug-likeness (QED) is 0.567. The molecule has 2 aromatic heterocycles. The molecule has 1 aliphatic heterocycles. The van der Waals surface area contributed by atoms with E-state index in [-0.39, 0.29) is 5.91 Å². The molecule has 1 fully saturated rings. The minimum absolute atomic E-state index is 0.170. The standard InChI is InChI=1S/C23H27N5OS/c1-16-7-9-20(10-8-16)28-22(19-11-13-24-14-12-19)25-26-23(28)30-15-21(29)27-17(2)5-4-6-18(27)3/h7-14,17-18H,4-6,15H2,1-3H3/t17-,18-/m0/s1. The maximum Gasteiger partial charge on any atom is 0.233 e. The summed E-state index contributed by atoms with van der Waals surface area (Å²) in [6.45, 7) is 6.36. The van der Waals surface area contributed by atoms with Crippen molar-refractivity contribution in [2.24, 2.45) is 0 Å². The van der Waals surface area contributed by atoms with E-state index in [2.05, 4.69) is 60.2 Å². The van der Waals surface area contributed by atoms with E-state index in [0.29, 0.717) is 17.8 Å². The Morgan fingerprint density at radius 2 is 1.70 bits per heavy atom. The number of piperidine rings is 1. The summed E-state index contributed by atoms with van der Waals surface area (Å²) in [5.41, 5.74) is 3.11. The van der Waals surface area contributed by atoms with Gasteiger partial charge >= 0.3 is 0 Å². The Morgan fingerprint density at radius 3 is 2.37 bits per heavy atom. The predicted molar refractivity (Wildman–Crippen MR) is 120 cm³/mol. The van der Waals surface area contributed by atoms with E-state index in [1.807, 2.05) is 21.6 Å². The minimum Gasteiger partial charge on any atom is -0.337 e. The van der Waals surface area contributed by atoms with E-state index in [1.165, 1.54) is 23.7 Å². The Balaban J connectivity index is 1.62. The van der Waals surface area contributed by atoms with Crippen molar-refractivity contribution < 1.29 is 4.79 Å². The first-order chi connectivity index (χ1) is 14.5. The molecule has 1 aliphatic rings. The lowest BCUT2D eigenvalue weighted by Gasteiger charge is -2.39. The van der Waals surface area contributed by atoms with Crippen LogP contribution in [0.5, 0.6) is 0 Å². The Labute approximate surface area is 181 Å². The average molecular weight is 422 g/mol. The van der Waals surface area contributed by atoms with Crippen molar-refractivity contribution >= 4 is 17.7 Å². The molecule has 4 rings (SSSR count). The second kappa shape index (κ2) is 9.00. The summed E-state index contributed by atoms with van der Waals surface area (Å²) >= 11 is 1.45. The number of aromatic nitrogens is 4. The number of hydrogen-bond donors (Lipinski definition) is 0. The van der Waals surface area contributed by atoms with Gasteiger partial charge in [-0.15, -0.1) is 10.2 Å². The van der Waals surface area contributed by atoms with Gasteiger partial charge in [-0.3, -0.25) is 14.3 Å². The first-order valence-electron chi connectivity index (χ1n) is 10.4. The maximum absolute atomic E-state index is 13.0. The highest BCUT2D eigenvalue weighted by atomic mass is 32.2. The van der Waals surface area contributed by atoms with Gasteiger partial charge in [0.15, 0.2) is 11.0 Å². The van der Waals surface area contributed by atoms with Gasteiger partial charge in [-0.05, 0) is 64.3 Å². The van der Waals surface area contributed by atoms with Crippen LogP contribution in [-0.4, -0.2) is 48.4 Å². The van der Waals surface area contributed by atoms with E-state index in [4.69, 9.17) is 0 Å². The number of thioether (sulfide) groups is 1. The lowest BCUT2D eigenvalue weighted by Crippen LogP contribution is -2.48. The van der Waals surface area contributed by atoms with Crippen molar-refractivity contribution in [1.82, 2.24) is 24.6 Å². The van der Waals surface area contributed by atoms with E-state index in [0.717, 1.165) is 35.1 Å². The molecule has 3 heterocycles. The third-order valence-corrected chi connectivity index (χ3v) is 6.58. The van der Waals surface area contributed by atoms with Gasteiger partial charge in [-0.25, -0.2) is 0 Å². The molecule has 0 spiro atoms. The smallest absolute Gasteiger partial charge is 0.233 e. The molecule has 1 amide bonds. The zero-order chi connectivity index (χ0) is 21.1. The number of benzene rings is 1. The molecule has 7 heteroatoms. The van der Waals surface area contributed by atoms with Crippen LogP contribution in [0.2, 0.25) is 0 Å². The highest BCUT2D eigenvalue weighted by Gasteiger charge is 2.29. The molecule has 3 aromatic rings. The summed E-state index contributed by atoms with van der Waals surface area (Å²) in [4.78, 5) is 19.2. The van der Waals surface area contributed by atoms with Gasteiger partial charge in [-0.1, -0.05) is 29.5 Å². The van der Waals surface area contributed by atoms with Crippen LogP contribution in [0.25, 0.3) is 17.1 Å². The van der Waals surface area contributed by atoms with Crippen LogP contribution >= 0.6 is 11.8 Å². The number of hydrogen-bond acceptors (Lipinski definition) is 5. The van der Waals surface area contributed by atoms with E-state index >= 15 is 0 Å². The summed E-state index contributed by atoms with van der Waals surface area (Å²) in [7, 11) is 0. The monoisotopic (exact) mass is 421 g/mol. The van der Waals surface area contributed by atoms with Crippen molar-refractivity contribution in [3.63, 3.8) is 0 Å². The van der Waals surface area contributed by atoms with Crippen molar-refractivity contribution in [2.75, 3.05) is 5.75 Å². The van der Waals surface area contributed by atoms with Crippen LogP contribution in [0.4, 0.5) is 0 Å². The topological polar surface area (TPSA) is 63.9 Å². The number of nitrogens with zero attached hydrogens (tertiary/aromatic N) is 5.